The molecule has 0 saturated carbocycles. The van der Waals surface area contributed by atoms with E-state index in [2.05, 4.69) is 35.7 Å². The maximum atomic E-state index is 13.8. The Morgan fingerprint density at radius 2 is 1.86 bits per heavy atom. The Kier molecular flexibility index (Phi) is 7.75. The van der Waals surface area contributed by atoms with E-state index in [0.717, 1.165) is 6.54 Å². The molecule has 0 bridgehead atoms. The summed E-state index contributed by atoms with van der Waals surface area (Å²) in [6.45, 7) is 10.0. The molecule has 0 fully saturated rings. The number of nitrogens with zero attached hydrogens (tertiary/aromatic N) is 1. The average Bonchev–Trinajstić information content (AvgIpc) is 2.66. The number of likely N-dealkylation sites (N-methyl/N-ethyl adjacent to an activating group) is 1. The van der Waals surface area contributed by atoms with Crippen LogP contribution in [0.2, 0.25) is 0 Å². The van der Waals surface area contributed by atoms with E-state index in [0.29, 0.717) is 24.7 Å². The van der Waals surface area contributed by atoms with Gasteiger partial charge in [-0.05, 0) is 57.1 Å². The molecule has 0 aliphatic carbocycles. The number of anilines is 1. The molecule has 0 aromatic heterocycles. The van der Waals surface area contributed by atoms with E-state index in [1.165, 1.54) is 36.4 Å². The van der Waals surface area contributed by atoms with Crippen molar-refractivity contribution in [2.45, 2.75) is 38.6 Å². The molecule has 2 N–H and O–H groups in total. The highest BCUT2D eigenvalue weighted by Gasteiger charge is 2.19. The maximum Gasteiger partial charge on any atom is 0.262 e. The molecule has 1 amide bonds. The lowest BCUT2D eigenvalue weighted by atomic mass is 10.1. The number of nitrogens with one attached hydrogen (secondary N) is 2. The lowest BCUT2D eigenvalue weighted by Gasteiger charge is -2.24. The third kappa shape index (κ3) is 6.01. The lowest BCUT2D eigenvalue weighted by Crippen LogP contribution is -2.38. The van der Waals surface area contributed by atoms with Gasteiger partial charge >= 0.3 is 0 Å². The van der Waals surface area contributed by atoms with Crippen LogP contribution in [0.1, 0.15) is 36.7 Å². The summed E-state index contributed by atoms with van der Waals surface area (Å²) < 4.78 is 41.3. The zero-order chi connectivity index (χ0) is 21.6. The minimum Gasteiger partial charge on any atom is -0.351 e. The van der Waals surface area contributed by atoms with Crippen molar-refractivity contribution < 1.29 is 17.6 Å². The first-order chi connectivity index (χ1) is 13.7. The summed E-state index contributed by atoms with van der Waals surface area (Å²) in [5.41, 5.74) is 0.782. The molecule has 0 heterocycles. The Hall–Kier alpha value is -2.45. The fraction of sp³-hybridized carbons (Fsp3) is 0.381. The Bertz CT molecular complexity index is 961. The number of aryl methyl sites for hydroxylation is 1. The minimum absolute atomic E-state index is 0.103. The average molecular weight is 422 g/mol. The summed E-state index contributed by atoms with van der Waals surface area (Å²) >= 11 is 0. The highest BCUT2D eigenvalue weighted by molar-refractivity contribution is 7.92. The monoisotopic (exact) mass is 421 g/mol. The molecular formula is C21H28FN3O3S. The number of benzene rings is 2. The van der Waals surface area contributed by atoms with Crippen LogP contribution in [-0.2, 0) is 10.0 Å². The van der Waals surface area contributed by atoms with Crippen molar-refractivity contribution in [1.82, 2.24) is 10.2 Å². The number of rotatable bonds is 9. The van der Waals surface area contributed by atoms with Gasteiger partial charge in [0.25, 0.3) is 15.9 Å². The van der Waals surface area contributed by atoms with E-state index in [4.69, 9.17) is 0 Å². The van der Waals surface area contributed by atoms with E-state index in [1.54, 1.807) is 13.0 Å². The highest BCUT2D eigenvalue weighted by atomic mass is 32.2. The topological polar surface area (TPSA) is 78.5 Å². The predicted molar refractivity (Wildman–Crippen MR) is 113 cm³/mol. The fourth-order valence-electron chi connectivity index (χ4n) is 2.95. The summed E-state index contributed by atoms with van der Waals surface area (Å²) in [6.07, 6.45) is 0. The zero-order valence-corrected chi connectivity index (χ0v) is 18.0. The molecule has 0 aliphatic heterocycles. The second kappa shape index (κ2) is 9.84. The van der Waals surface area contributed by atoms with Gasteiger partial charge in [-0.2, -0.15) is 0 Å². The van der Waals surface area contributed by atoms with Crippen LogP contribution in [0.15, 0.2) is 47.4 Å². The van der Waals surface area contributed by atoms with E-state index < -0.39 is 15.8 Å². The van der Waals surface area contributed by atoms with Gasteiger partial charge in [0.15, 0.2) is 0 Å². The molecular weight excluding hydrogens is 393 g/mol. The lowest BCUT2D eigenvalue weighted by molar-refractivity contribution is 0.0945. The number of sulfonamides is 1. The van der Waals surface area contributed by atoms with Crippen LogP contribution in [0.3, 0.4) is 0 Å². The van der Waals surface area contributed by atoms with Gasteiger partial charge in [-0.3, -0.25) is 14.4 Å². The van der Waals surface area contributed by atoms with Gasteiger partial charge in [-0.25, -0.2) is 12.8 Å². The van der Waals surface area contributed by atoms with Gasteiger partial charge in [-0.1, -0.05) is 25.1 Å². The van der Waals surface area contributed by atoms with Crippen molar-refractivity contribution in [1.29, 1.82) is 0 Å². The molecule has 6 nitrogen and oxygen atoms in total. The molecule has 29 heavy (non-hydrogen) atoms. The summed E-state index contributed by atoms with van der Waals surface area (Å²) in [4.78, 5) is 14.7. The SMILES string of the molecule is CCN(CCNC(=O)c1cc(S(=O)(=O)Nc2ccccc2F)ccc1C)C(C)C. The number of para-hydroxylation sites is 1. The molecule has 0 radical (unpaired) electrons. The predicted octanol–water partition coefficient (Wildman–Crippen LogP) is 3.40. The van der Waals surface area contributed by atoms with Crippen LogP contribution in [0.25, 0.3) is 0 Å². The minimum atomic E-state index is -4.04. The molecule has 2 aromatic rings. The Balaban J connectivity index is 2.16. The molecule has 0 spiro atoms. The summed E-state index contributed by atoms with van der Waals surface area (Å²) in [7, 11) is -4.04. The molecule has 2 rings (SSSR count). The van der Waals surface area contributed by atoms with E-state index in [1.807, 2.05) is 0 Å². The second-order valence-electron chi connectivity index (χ2n) is 7.04. The number of amides is 1. The van der Waals surface area contributed by atoms with E-state index >= 15 is 0 Å². The molecule has 0 unspecified atom stereocenters. The van der Waals surface area contributed by atoms with Crippen LogP contribution in [0.5, 0.6) is 0 Å². The Labute approximate surface area is 172 Å². The molecule has 8 heteroatoms. The number of carbonyl (C=O) groups excluding carboxylic acids is 1. The third-order valence-corrected chi connectivity index (χ3v) is 6.07. The largest absolute Gasteiger partial charge is 0.351 e. The van der Waals surface area contributed by atoms with Crippen LogP contribution < -0.4 is 10.0 Å². The number of halogens is 1. The van der Waals surface area contributed by atoms with Gasteiger partial charge in [0.2, 0.25) is 0 Å². The van der Waals surface area contributed by atoms with Gasteiger partial charge in [0.1, 0.15) is 5.82 Å². The first kappa shape index (κ1) is 22.8. The molecule has 158 valence electrons. The van der Waals surface area contributed by atoms with Gasteiger partial charge in [0, 0.05) is 24.7 Å². The molecule has 0 atom stereocenters. The number of hydrogen-bond acceptors (Lipinski definition) is 4. The molecule has 2 aromatic carbocycles. The first-order valence-electron chi connectivity index (χ1n) is 9.56. The summed E-state index contributed by atoms with van der Waals surface area (Å²) in [5, 5.41) is 2.84. The Morgan fingerprint density at radius 3 is 2.48 bits per heavy atom. The van der Waals surface area contributed by atoms with Crippen LogP contribution >= 0.6 is 0 Å². The van der Waals surface area contributed by atoms with Gasteiger partial charge < -0.3 is 5.32 Å². The fourth-order valence-corrected chi connectivity index (χ4v) is 4.04. The van der Waals surface area contributed by atoms with E-state index in [9.17, 15) is 17.6 Å². The number of carbonyl (C=O) groups is 1. The van der Waals surface area contributed by atoms with Gasteiger partial charge in [0.05, 0.1) is 10.6 Å². The van der Waals surface area contributed by atoms with E-state index in [-0.39, 0.29) is 22.1 Å². The highest BCUT2D eigenvalue weighted by Crippen LogP contribution is 2.21. The Morgan fingerprint density at radius 1 is 1.17 bits per heavy atom. The van der Waals surface area contributed by atoms with Crippen molar-refractivity contribution in [3.8, 4) is 0 Å². The number of hydrogen-bond donors (Lipinski definition) is 2. The van der Waals surface area contributed by atoms with Crippen molar-refractivity contribution >= 4 is 21.6 Å². The third-order valence-electron chi connectivity index (χ3n) is 4.70. The van der Waals surface area contributed by atoms with Gasteiger partial charge in [-0.15, -0.1) is 0 Å². The molecule has 0 aliphatic rings. The first-order valence-corrected chi connectivity index (χ1v) is 11.0. The van der Waals surface area contributed by atoms with Crippen molar-refractivity contribution in [2.24, 2.45) is 0 Å². The normalized spacial score (nSPS) is 11.7. The van der Waals surface area contributed by atoms with Crippen LogP contribution in [0.4, 0.5) is 10.1 Å². The summed E-state index contributed by atoms with van der Waals surface area (Å²) in [5.74, 6) is -1.02. The van der Waals surface area contributed by atoms with Crippen molar-refractivity contribution in [3.63, 3.8) is 0 Å². The van der Waals surface area contributed by atoms with Crippen LogP contribution in [-0.4, -0.2) is 44.9 Å². The zero-order valence-electron chi connectivity index (χ0n) is 17.2. The van der Waals surface area contributed by atoms with Crippen LogP contribution in [0, 0.1) is 12.7 Å². The standard InChI is InChI=1S/C21H28FN3O3S/c1-5-25(15(2)3)13-12-23-21(26)18-14-17(11-10-16(18)4)29(27,28)24-20-9-7-6-8-19(20)22/h6-11,14-15,24H,5,12-13H2,1-4H3,(H,23,26). The smallest absolute Gasteiger partial charge is 0.262 e. The second-order valence-corrected chi connectivity index (χ2v) is 8.72. The van der Waals surface area contributed by atoms with Crippen molar-refractivity contribution in [2.75, 3.05) is 24.4 Å². The summed E-state index contributed by atoms with van der Waals surface area (Å²) in [6, 6.07) is 10.2. The quantitative estimate of drug-likeness (QED) is 0.651. The molecule has 0 saturated heterocycles. The maximum absolute atomic E-state index is 13.8. The van der Waals surface area contributed by atoms with Crippen molar-refractivity contribution in [3.05, 3.63) is 59.4 Å².